The van der Waals surface area contributed by atoms with Crippen LogP contribution in [0.15, 0.2) is 48.5 Å². The SMILES string of the molecule is Nc1ccc(Cl)cc1C1=CC(c2cccc(C=O)c2)N(C=O)CC1. The number of aldehydes is 1. The van der Waals surface area contributed by atoms with E-state index in [0.29, 0.717) is 29.2 Å². The van der Waals surface area contributed by atoms with Crippen LogP contribution >= 0.6 is 11.6 Å². The zero-order valence-electron chi connectivity index (χ0n) is 13.0. The minimum Gasteiger partial charge on any atom is -0.398 e. The Hall–Kier alpha value is -2.59. The molecule has 0 spiro atoms. The number of amides is 1. The molecule has 1 aliphatic heterocycles. The van der Waals surface area contributed by atoms with Crippen molar-refractivity contribution in [2.24, 2.45) is 0 Å². The second kappa shape index (κ2) is 6.89. The smallest absolute Gasteiger partial charge is 0.210 e. The van der Waals surface area contributed by atoms with Gasteiger partial charge in [-0.25, -0.2) is 0 Å². The molecule has 122 valence electrons. The van der Waals surface area contributed by atoms with Gasteiger partial charge >= 0.3 is 0 Å². The first-order valence-corrected chi connectivity index (χ1v) is 8.02. The third-order valence-corrected chi connectivity index (χ3v) is 4.48. The predicted molar refractivity (Wildman–Crippen MR) is 95.8 cm³/mol. The molecule has 0 saturated heterocycles. The molecule has 1 unspecified atom stereocenters. The van der Waals surface area contributed by atoms with E-state index in [0.717, 1.165) is 29.4 Å². The molecule has 1 aliphatic rings. The molecule has 0 saturated carbocycles. The lowest BCUT2D eigenvalue weighted by molar-refractivity contribution is -0.119. The molecule has 4 nitrogen and oxygen atoms in total. The second-order valence-electron chi connectivity index (χ2n) is 5.75. The van der Waals surface area contributed by atoms with Crippen LogP contribution in [0, 0.1) is 0 Å². The van der Waals surface area contributed by atoms with Gasteiger partial charge in [-0.15, -0.1) is 0 Å². The summed E-state index contributed by atoms with van der Waals surface area (Å²) in [5.41, 5.74) is 10.2. The highest BCUT2D eigenvalue weighted by molar-refractivity contribution is 6.30. The van der Waals surface area contributed by atoms with Gasteiger partial charge in [-0.1, -0.05) is 35.9 Å². The van der Waals surface area contributed by atoms with Gasteiger partial charge in [-0.3, -0.25) is 9.59 Å². The summed E-state index contributed by atoms with van der Waals surface area (Å²) in [4.78, 5) is 24.2. The Morgan fingerprint density at radius 2 is 2.00 bits per heavy atom. The zero-order valence-corrected chi connectivity index (χ0v) is 13.7. The maximum Gasteiger partial charge on any atom is 0.210 e. The van der Waals surface area contributed by atoms with Gasteiger partial charge in [0, 0.05) is 28.4 Å². The summed E-state index contributed by atoms with van der Waals surface area (Å²) < 4.78 is 0. The molecule has 0 aliphatic carbocycles. The van der Waals surface area contributed by atoms with Crippen molar-refractivity contribution in [3.05, 3.63) is 70.3 Å². The van der Waals surface area contributed by atoms with Gasteiger partial charge in [0.25, 0.3) is 0 Å². The molecule has 1 amide bonds. The van der Waals surface area contributed by atoms with Gasteiger partial charge in [-0.2, -0.15) is 0 Å². The minimum absolute atomic E-state index is 0.232. The highest BCUT2D eigenvalue weighted by Crippen LogP contribution is 2.35. The largest absolute Gasteiger partial charge is 0.398 e. The summed E-state index contributed by atoms with van der Waals surface area (Å²) in [6.07, 6.45) is 4.36. The van der Waals surface area contributed by atoms with Crippen molar-refractivity contribution >= 4 is 35.6 Å². The first kappa shape index (κ1) is 16.3. The maximum absolute atomic E-state index is 11.4. The van der Waals surface area contributed by atoms with Gasteiger partial charge in [0.2, 0.25) is 6.41 Å². The van der Waals surface area contributed by atoms with Gasteiger partial charge in [-0.05, 0) is 41.8 Å². The van der Waals surface area contributed by atoms with Crippen molar-refractivity contribution in [2.75, 3.05) is 12.3 Å². The van der Waals surface area contributed by atoms with Crippen LogP contribution in [0.3, 0.4) is 0 Å². The Kier molecular flexibility index (Phi) is 4.67. The number of carbonyl (C=O) groups is 2. The fourth-order valence-electron chi connectivity index (χ4n) is 3.01. The molecule has 0 aromatic heterocycles. The minimum atomic E-state index is -0.232. The average molecular weight is 341 g/mol. The lowest BCUT2D eigenvalue weighted by Gasteiger charge is -2.32. The summed E-state index contributed by atoms with van der Waals surface area (Å²) in [6.45, 7) is 0.581. The van der Waals surface area contributed by atoms with E-state index in [1.807, 2.05) is 24.3 Å². The zero-order chi connectivity index (χ0) is 17.1. The van der Waals surface area contributed by atoms with Gasteiger partial charge in [0.1, 0.15) is 6.29 Å². The number of hydrogen-bond acceptors (Lipinski definition) is 3. The van der Waals surface area contributed by atoms with E-state index in [1.54, 1.807) is 29.2 Å². The predicted octanol–water partition coefficient (Wildman–Crippen LogP) is 3.72. The highest BCUT2D eigenvalue weighted by Gasteiger charge is 2.24. The van der Waals surface area contributed by atoms with Crippen molar-refractivity contribution in [1.82, 2.24) is 4.90 Å². The van der Waals surface area contributed by atoms with Gasteiger partial charge < -0.3 is 10.6 Å². The van der Waals surface area contributed by atoms with Crippen LogP contribution < -0.4 is 5.73 Å². The third-order valence-electron chi connectivity index (χ3n) is 4.24. The van der Waals surface area contributed by atoms with Crippen molar-refractivity contribution in [3.8, 4) is 0 Å². The van der Waals surface area contributed by atoms with Crippen LogP contribution in [0.5, 0.6) is 0 Å². The number of nitrogens with zero attached hydrogens (tertiary/aromatic N) is 1. The van der Waals surface area contributed by atoms with Crippen LogP contribution in [0.25, 0.3) is 5.57 Å². The molecule has 0 bridgehead atoms. The molecule has 1 heterocycles. The monoisotopic (exact) mass is 340 g/mol. The number of benzene rings is 2. The molecular formula is C19H17ClN2O2. The molecular weight excluding hydrogens is 324 g/mol. The fourth-order valence-corrected chi connectivity index (χ4v) is 3.18. The average Bonchev–Trinajstić information content (AvgIpc) is 2.63. The van der Waals surface area contributed by atoms with E-state index < -0.39 is 0 Å². The number of nitrogen functional groups attached to an aromatic ring is 1. The fraction of sp³-hybridized carbons (Fsp3) is 0.158. The quantitative estimate of drug-likeness (QED) is 0.681. The van der Waals surface area contributed by atoms with Crippen molar-refractivity contribution in [2.45, 2.75) is 12.5 Å². The van der Waals surface area contributed by atoms with Crippen LogP contribution in [0.4, 0.5) is 5.69 Å². The molecule has 0 radical (unpaired) electrons. The number of anilines is 1. The summed E-state index contributed by atoms with van der Waals surface area (Å²) in [6, 6.07) is 12.4. The number of rotatable bonds is 4. The molecule has 3 rings (SSSR count). The number of hydrogen-bond donors (Lipinski definition) is 1. The van der Waals surface area contributed by atoms with Crippen molar-refractivity contribution in [1.29, 1.82) is 0 Å². The van der Waals surface area contributed by atoms with Gasteiger partial charge in [0.15, 0.2) is 0 Å². The molecule has 5 heteroatoms. The normalized spacial score (nSPS) is 17.3. The van der Waals surface area contributed by atoms with E-state index in [1.165, 1.54) is 0 Å². The molecule has 24 heavy (non-hydrogen) atoms. The summed E-state index contributed by atoms with van der Waals surface area (Å²) in [5.74, 6) is 0. The number of halogens is 1. The third kappa shape index (κ3) is 3.19. The topological polar surface area (TPSA) is 63.4 Å². The highest BCUT2D eigenvalue weighted by atomic mass is 35.5. The lowest BCUT2D eigenvalue weighted by Crippen LogP contribution is -2.31. The molecule has 2 aromatic rings. The van der Waals surface area contributed by atoms with E-state index in [2.05, 4.69) is 0 Å². The molecule has 2 N–H and O–H groups in total. The second-order valence-corrected chi connectivity index (χ2v) is 6.19. The maximum atomic E-state index is 11.4. The molecule has 2 aromatic carbocycles. The lowest BCUT2D eigenvalue weighted by atomic mass is 9.91. The van der Waals surface area contributed by atoms with Gasteiger partial charge in [0.05, 0.1) is 6.04 Å². The first-order valence-electron chi connectivity index (χ1n) is 7.64. The van der Waals surface area contributed by atoms with Crippen LogP contribution in [0.2, 0.25) is 5.02 Å². The Morgan fingerprint density at radius 3 is 2.75 bits per heavy atom. The Morgan fingerprint density at radius 1 is 1.17 bits per heavy atom. The van der Waals surface area contributed by atoms with Crippen LogP contribution in [0.1, 0.15) is 33.9 Å². The summed E-state index contributed by atoms with van der Waals surface area (Å²) in [5, 5.41) is 0.623. The Bertz CT molecular complexity index is 817. The standard InChI is InChI=1S/C19H17ClN2O2/c20-16-4-5-18(21)17(10-16)14-6-7-22(12-24)19(9-14)15-3-1-2-13(8-15)11-23/h1-5,8-12,19H,6-7,21H2. The van der Waals surface area contributed by atoms with Crippen LogP contribution in [-0.2, 0) is 4.79 Å². The molecule has 0 fully saturated rings. The van der Waals surface area contributed by atoms with E-state index in [-0.39, 0.29) is 6.04 Å². The summed E-state index contributed by atoms with van der Waals surface area (Å²) >= 11 is 6.10. The van der Waals surface area contributed by atoms with E-state index in [9.17, 15) is 9.59 Å². The summed E-state index contributed by atoms with van der Waals surface area (Å²) in [7, 11) is 0. The molecule has 1 atom stereocenters. The van der Waals surface area contributed by atoms with Crippen molar-refractivity contribution in [3.63, 3.8) is 0 Å². The van der Waals surface area contributed by atoms with E-state index >= 15 is 0 Å². The Labute approximate surface area is 145 Å². The van der Waals surface area contributed by atoms with E-state index in [4.69, 9.17) is 17.3 Å². The first-order chi connectivity index (χ1) is 11.6. The Balaban J connectivity index is 2.06. The number of carbonyl (C=O) groups excluding carboxylic acids is 2. The number of nitrogens with two attached hydrogens (primary N) is 1. The van der Waals surface area contributed by atoms with Crippen molar-refractivity contribution < 1.29 is 9.59 Å². The van der Waals surface area contributed by atoms with Crippen LogP contribution in [-0.4, -0.2) is 24.1 Å².